The van der Waals surface area contributed by atoms with Crippen LogP contribution in [0.15, 0.2) is 48.9 Å². The molecule has 1 aliphatic rings. The van der Waals surface area contributed by atoms with Crippen molar-refractivity contribution in [2.24, 2.45) is 0 Å². The molecule has 1 saturated heterocycles. The van der Waals surface area contributed by atoms with Crippen molar-refractivity contribution in [3.05, 3.63) is 48.9 Å². The van der Waals surface area contributed by atoms with Gasteiger partial charge >= 0.3 is 0 Å². The summed E-state index contributed by atoms with van der Waals surface area (Å²) in [5.41, 5.74) is -0.542. The monoisotopic (exact) mass is 298 g/mol. The summed E-state index contributed by atoms with van der Waals surface area (Å²) in [5, 5.41) is 9.86. The van der Waals surface area contributed by atoms with Crippen molar-refractivity contribution in [1.82, 2.24) is 4.31 Å². The number of allylic oxidation sites excluding steroid dienone is 4. The second-order valence-electron chi connectivity index (χ2n) is 5.09. The molecule has 0 aromatic rings. The number of hydrogen-bond donors (Lipinski definition) is 1. The van der Waals surface area contributed by atoms with Crippen LogP contribution in [0.5, 0.6) is 0 Å². The highest BCUT2D eigenvalue weighted by Gasteiger charge is 2.32. The van der Waals surface area contributed by atoms with E-state index in [4.69, 9.17) is 4.74 Å². The molecular formula is C14H20NO4S-. The van der Waals surface area contributed by atoms with Crippen LogP contribution in [-0.2, 0) is 16.0 Å². The fourth-order valence-electron chi connectivity index (χ4n) is 2.00. The van der Waals surface area contributed by atoms with Crippen molar-refractivity contribution in [3.8, 4) is 0 Å². The lowest BCUT2D eigenvalue weighted by atomic mass is 10.00. The number of morpholine rings is 1. The first-order chi connectivity index (χ1) is 9.28. The van der Waals surface area contributed by atoms with Gasteiger partial charge in [-0.3, -0.25) is 8.51 Å². The van der Waals surface area contributed by atoms with E-state index in [1.165, 1.54) is 16.5 Å². The quantitative estimate of drug-likeness (QED) is 0.785. The molecule has 0 radical (unpaired) electrons. The molecule has 0 amide bonds. The first-order valence-corrected chi connectivity index (χ1v) is 7.23. The van der Waals surface area contributed by atoms with Gasteiger partial charge in [-0.15, -0.1) is 0 Å². The molecular weight excluding hydrogens is 278 g/mol. The Kier molecular flexibility index (Phi) is 5.74. The third kappa shape index (κ3) is 4.63. The van der Waals surface area contributed by atoms with Crippen LogP contribution in [0.3, 0.4) is 0 Å². The predicted molar refractivity (Wildman–Crippen MR) is 78.0 cm³/mol. The minimum atomic E-state index is -2.43. The van der Waals surface area contributed by atoms with Gasteiger partial charge in [-0.2, -0.15) is 0 Å². The van der Waals surface area contributed by atoms with Crippen LogP contribution in [0.1, 0.15) is 20.3 Å². The van der Waals surface area contributed by atoms with Gasteiger partial charge in [0.1, 0.15) is 11.9 Å². The summed E-state index contributed by atoms with van der Waals surface area (Å²) in [4.78, 5) is 0. The van der Waals surface area contributed by atoms with Crippen LogP contribution < -0.4 is 0 Å². The van der Waals surface area contributed by atoms with Gasteiger partial charge < -0.3 is 14.4 Å². The van der Waals surface area contributed by atoms with Crippen molar-refractivity contribution in [3.63, 3.8) is 0 Å². The highest BCUT2D eigenvalue weighted by atomic mass is 32.2. The first-order valence-electron chi connectivity index (χ1n) is 6.20. The average molecular weight is 298 g/mol. The SMILES string of the molecule is C=C/C=C1/OC(CC(C)(C)O)CN(S(=O)[O-])/C1=C/C=C. The molecule has 0 bridgehead atoms. The first kappa shape index (κ1) is 16.7. The zero-order valence-electron chi connectivity index (χ0n) is 11.7. The van der Waals surface area contributed by atoms with E-state index in [-0.39, 0.29) is 6.54 Å². The summed E-state index contributed by atoms with van der Waals surface area (Å²) in [5.74, 6) is 0.393. The maximum absolute atomic E-state index is 11.4. The number of rotatable bonds is 5. The molecule has 1 N–H and O–H groups in total. The number of nitrogens with zero attached hydrogens (tertiary/aromatic N) is 1. The molecule has 112 valence electrons. The van der Waals surface area contributed by atoms with Crippen LogP contribution in [0.2, 0.25) is 0 Å². The summed E-state index contributed by atoms with van der Waals surface area (Å²) in [6, 6.07) is 0. The second kappa shape index (κ2) is 6.88. The Hall–Kier alpha value is -1.37. The minimum Gasteiger partial charge on any atom is -0.755 e. The smallest absolute Gasteiger partial charge is 0.143 e. The molecule has 5 nitrogen and oxygen atoms in total. The molecule has 2 unspecified atom stereocenters. The van der Waals surface area contributed by atoms with Crippen molar-refractivity contribution in [1.29, 1.82) is 0 Å². The zero-order valence-corrected chi connectivity index (χ0v) is 12.6. The Morgan fingerprint density at radius 2 is 2.10 bits per heavy atom. The van der Waals surface area contributed by atoms with Crippen LogP contribution in [0.4, 0.5) is 0 Å². The van der Waals surface area contributed by atoms with Crippen LogP contribution in [-0.4, -0.2) is 36.4 Å². The van der Waals surface area contributed by atoms with Crippen LogP contribution in [0, 0.1) is 0 Å². The number of ether oxygens (including phenoxy) is 1. The van der Waals surface area contributed by atoms with Gasteiger partial charge in [-0.25, -0.2) is 0 Å². The summed E-state index contributed by atoms with van der Waals surface area (Å²) in [6.45, 7) is 10.6. The Morgan fingerprint density at radius 1 is 1.50 bits per heavy atom. The third-order valence-electron chi connectivity index (χ3n) is 2.64. The average Bonchev–Trinajstić information content (AvgIpc) is 2.30. The van der Waals surface area contributed by atoms with E-state index in [0.717, 1.165) is 0 Å². The number of hydrogen-bond acceptors (Lipinski definition) is 4. The fraction of sp³-hybridized carbons (Fsp3) is 0.429. The molecule has 0 aromatic heterocycles. The van der Waals surface area contributed by atoms with E-state index >= 15 is 0 Å². The molecule has 20 heavy (non-hydrogen) atoms. The molecule has 0 aliphatic carbocycles. The highest BCUT2D eigenvalue weighted by Crippen LogP contribution is 2.29. The van der Waals surface area contributed by atoms with Crippen molar-refractivity contribution >= 4 is 11.3 Å². The van der Waals surface area contributed by atoms with Crippen molar-refractivity contribution in [2.45, 2.75) is 32.0 Å². The summed E-state index contributed by atoms with van der Waals surface area (Å²) in [7, 11) is 0. The summed E-state index contributed by atoms with van der Waals surface area (Å²) < 4.78 is 29.7. The Balaban J connectivity index is 3.10. The van der Waals surface area contributed by atoms with Gasteiger partial charge in [0.15, 0.2) is 0 Å². The van der Waals surface area contributed by atoms with Crippen LogP contribution in [0.25, 0.3) is 0 Å². The topological polar surface area (TPSA) is 72.8 Å². The van der Waals surface area contributed by atoms with Crippen molar-refractivity contribution < 1.29 is 18.6 Å². The van der Waals surface area contributed by atoms with E-state index in [1.807, 2.05) is 0 Å². The Bertz CT molecular complexity index is 462. The molecule has 1 heterocycles. The van der Waals surface area contributed by atoms with Gasteiger partial charge in [0, 0.05) is 17.7 Å². The van der Waals surface area contributed by atoms with Gasteiger partial charge in [0.25, 0.3) is 0 Å². The standard InChI is InChI=1S/C14H21NO4S/c1-5-7-12-13(8-6-2)19-11(9-14(3,4)16)10-15(12)20(17)18/h5-8,11,16H,1-2,9-10H2,3-4H3,(H,17,18)/p-1/b12-7+,13-8+. The maximum atomic E-state index is 11.4. The lowest BCUT2D eigenvalue weighted by molar-refractivity contribution is -0.0110. The maximum Gasteiger partial charge on any atom is 0.143 e. The zero-order chi connectivity index (χ0) is 15.3. The van der Waals surface area contributed by atoms with Crippen molar-refractivity contribution in [2.75, 3.05) is 6.54 Å². The molecule has 2 atom stereocenters. The minimum absolute atomic E-state index is 0.147. The van der Waals surface area contributed by atoms with Gasteiger partial charge in [-0.05, 0) is 26.0 Å². The largest absolute Gasteiger partial charge is 0.755 e. The predicted octanol–water partition coefficient (Wildman–Crippen LogP) is 1.78. The second-order valence-corrected chi connectivity index (χ2v) is 5.96. The van der Waals surface area contributed by atoms with Crippen LogP contribution >= 0.6 is 0 Å². The van der Waals surface area contributed by atoms with E-state index in [9.17, 15) is 13.9 Å². The van der Waals surface area contributed by atoms with E-state index < -0.39 is 23.0 Å². The molecule has 0 spiro atoms. The lowest BCUT2D eigenvalue weighted by Crippen LogP contribution is -2.43. The van der Waals surface area contributed by atoms with E-state index in [2.05, 4.69) is 13.2 Å². The molecule has 1 aliphatic heterocycles. The molecule has 0 aromatic carbocycles. The van der Waals surface area contributed by atoms with Gasteiger partial charge in [0.05, 0.1) is 17.8 Å². The normalized spacial score (nSPS) is 25.4. The fourth-order valence-corrected chi connectivity index (χ4v) is 2.60. The highest BCUT2D eigenvalue weighted by molar-refractivity contribution is 7.76. The Morgan fingerprint density at radius 3 is 2.55 bits per heavy atom. The molecule has 1 rings (SSSR count). The third-order valence-corrected chi connectivity index (χ3v) is 3.34. The van der Waals surface area contributed by atoms with E-state index in [0.29, 0.717) is 17.9 Å². The molecule has 1 fully saturated rings. The molecule has 6 heteroatoms. The lowest BCUT2D eigenvalue weighted by Gasteiger charge is -2.40. The number of aliphatic hydroxyl groups is 1. The Labute approximate surface area is 122 Å². The summed E-state index contributed by atoms with van der Waals surface area (Å²) >= 11 is -2.43. The summed E-state index contributed by atoms with van der Waals surface area (Å²) in [6.07, 6.45) is 6.05. The van der Waals surface area contributed by atoms with E-state index in [1.54, 1.807) is 26.0 Å². The van der Waals surface area contributed by atoms with Gasteiger partial charge in [-0.1, -0.05) is 25.3 Å². The van der Waals surface area contributed by atoms with Gasteiger partial charge in [0.2, 0.25) is 0 Å². The molecule has 0 saturated carbocycles.